The Kier molecular flexibility index (Phi) is 3.37. The van der Waals surface area contributed by atoms with Gasteiger partial charge in [-0.15, -0.1) is 12.4 Å². The summed E-state index contributed by atoms with van der Waals surface area (Å²) in [5.41, 5.74) is 2.17. The Morgan fingerprint density at radius 2 is 2.12 bits per heavy atom. The summed E-state index contributed by atoms with van der Waals surface area (Å²) in [6.07, 6.45) is 5.95. The van der Waals surface area contributed by atoms with Crippen molar-refractivity contribution >= 4 is 12.4 Å². The van der Waals surface area contributed by atoms with Gasteiger partial charge < -0.3 is 20.3 Å². The summed E-state index contributed by atoms with van der Waals surface area (Å²) in [6, 6.07) is 3.82. The largest absolute Gasteiger partial charge is 0.504 e. The molecule has 3 fully saturated rings. The summed E-state index contributed by atoms with van der Waals surface area (Å²) in [4.78, 5) is 0. The molecule has 3 N–H and O–H groups in total. The Hall–Kier alpha value is -1.23. The number of phenolic OH excluding ortho intramolecular Hbond substituents is 1. The van der Waals surface area contributed by atoms with E-state index in [-0.39, 0.29) is 30.3 Å². The van der Waals surface area contributed by atoms with Gasteiger partial charge in [-0.2, -0.15) is 0 Å². The third kappa shape index (κ3) is 1.78. The molecule has 0 amide bonds. The number of aromatic hydroxyl groups is 1. The lowest BCUT2D eigenvalue weighted by molar-refractivity contribution is -0.147. The average Bonchev–Trinajstić information content (AvgIpc) is 3.31. The summed E-state index contributed by atoms with van der Waals surface area (Å²) >= 11 is 0. The van der Waals surface area contributed by atoms with E-state index >= 15 is 0 Å². The van der Waals surface area contributed by atoms with Crippen LogP contribution in [0.3, 0.4) is 0 Å². The molecule has 3 aliphatic carbocycles. The molecule has 5 heteroatoms. The second-order valence-corrected chi connectivity index (χ2v) is 8.96. The van der Waals surface area contributed by atoms with Crippen LogP contribution in [-0.4, -0.2) is 34.5 Å². The second kappa shape index (κ2) is 5.18. The zero-order chi connectivity index (χ0) is 17.0. The van der Waals surface area contributed by atoms with Gasteiger partial charge in [0.05, 0.1) is 11.0 Å². The maximum atomic E-state index is 12.1. The van der Waals surface area contributed by atoms with E-state index in [2.05, 4.69) is 11.9 Å². The number of piperidine rings is 1. The van der Waals surface area contributed by atoms with Crippen LogP contribution in [0.4, 0.5) is 0 Å². The Balaban J connectivity index is 0.00000150. The van der Waals surface area contributed by atoms with Crippen LogP contribution >= 0.6 is 12.4 Å². The Morgan fingerprint density at radius 1 is 1.31 bits per heavy atom. The molecule has 5 atom stereocenters. The molecule has 1 aromatic rings. The highest BCUT2D eigenvalue weighted by Gasteiger charge is 2.72. The van der Waals surface area contributed by atoms with Crippen LogP contribution < -0.4 is 10.1 Å². The van der Waals surface area contributed by atoms with E-state index in [9.17, 15) is 10.2 Å². The van der Waals surface area contributed by atoms with E-state index in [1.165, 1.54) is 18.4 Å². The van der Waals surface area contributed by atoms with Gasteiger partial charge in [-0.05, 0) is 61.3 Å². The third-order valence-corrected chi connectivity index (χ3v) is 7.77. The lowest BCUT2D eigenvalue weighted by Gasteiger charge is -2.62. The molecule has 5 aliphatic rings. The molecule has 2 saturated carbocycles. The first kappa shape index (κ1) is 16.9. The van der Waals surface area contributed by atoms with Gasteiger partial charge >= 0.3 is 0 Å². The Morgan fingerprint density at radius 3 is 2.88 bits per heavy atom. The maximum absolute atomic E-state index is 12.1. The van der Waals surface area contributed by atoms with Crippen molar-refractivity contribution in [3.63, 3.8) is 0 Å². The first-order valence-corrected chi connectivity index (χ1v) is 9.71. The standard InChI is InChI=1S/C21H25NO3.ClH/c1-11-14(8-12-2-3-12)10-21(24)16-9-13-4-5-15(23)18-17(13)20(21,6-7-22-16)19(11)25-18;/h4-5,12,14,16,19,22-24H,1-3,6-10H2;1H/t14?,16-,19+,20+,21-;/m1./s1. The topological polar surface area (TPSA) is 61.7 Å². The fraction of sp³-hybridized carbons (Fsp3) is 0.619. The molecule has 1 saturated heterocycles. The van der Waals surface area contributed by atoms with Gasteiger partial charge in [-0.25, -0.2) is 0 Å². The minimum Gasteiger partial charge on any atom is -0.504 e. The number of hydrogen-bond acceptors (Lipinski definition) is 4. The normalized spacial score (nSPS) is 41.9. The zero-order valence-corrected chi connectivity index (χ0v) is 15.6. The molecule has 4 nitrogen and oxygen atoms in total. The molecule has 2 aliphatic heterocycles. The first-order valence-electron chi connectivity index (χ1n) is 9.71. The summed E-state index contributed by atoms with van der Waals surface area (Å²) in [5.74, 6) is 1.92. The molecule has 140 valence electrons. The van der Waals surface area contributed by atoms with Crippen molar-refractivity contribution in [2.45, 2.75) is 61.7 Å². The van der Waals surface area contributed by atoms with Gasteiger partial charge in [0.15, 0.2) is 11.5 Å². The van der Waals surface area contributed by atoms with Crippen LogP contribution in [0.5, 0.6) is 11.5 Å². The number of nitrogens with one attached hydrogen (secondary N) is 1. The molecule has 1 unspecified atom stereocenters. The number of aliphatic hydroxyl groups is 1. The zero-order valence-electron chi connectivity index (χ0n) is 14.8. The van der Waals surface area contributed by atoms with Gasteiger partial charge in [-0.1, -0.05) is 25.5 Å². The smallest absolute Gasteiger partial charge is 0.166 e. The molecule has 26 heavy (non-hydrogen) atoms. The quantitative estimate of drug-likeness (QED) is 0.695. The van der Waals surface area contributed by atoms with E-state index in [0.717, 1.165) is 49.3 Å². The van der Waals surface area contributed by atoms with Crippen LogP contribution in [0.2, 0.25) is 0 Å². The van der Waals surface area contributed by atoms with Crippen LogP contribution in [0.25, 0.3) is 0 Å². The van der Waals surface area contributed by atoms with E-state index in [4.69, 9.17) is 4.74 Å². The van der Waals surface area contributed by atoms with Crippen LogP contribution in [0.1, 0.15) is 43.2 Å². The van der Waals surface area contributed by atoms with Crippen molar-refractivity contribution in [3.05, 3.63) is 35.4 Å². The predicted octanol–water partition coefficient (Wildman–Crippen LogP) is 2.84. The summed E-state index contributed by atoms with van der Waals surface area (Å²) in [6.45, 7) is 5.33. The number of benzene rings is 1. The van der Waals surface area contributed by atoms with Crippen molar-refractivity contribution < 1.29 is 14.9 Å². The van der Waals surface area contributed by atoms with Crippen LogP contribution in [0, 0.1) is 11.8 Å². The predicted molar refractivity (Wildman–Crippen MR) is 101 cm³/mol. The summed E-state index contributed by atoms with van der Waals surface area (Å²) in [5, 5.41) is 26.1. The molecule has 1 spiro atoms. The maximum Gasteiger partial charge on any atom is 0.166 e. The van der Waals surface area contributed by atoms with Crippen molar-refractivity contribution in [2.24, 2.45) is 11.8 Å². The van der Waals surface area contributed by atoms with Gasteiger partial charge in [0.25, 0.3) is 0 Å². The highest BCUT2D eigenvalue weighted by molar-refractivity contribution is 5.85. The average molecular weight is 376 g/mol. The first-order chi connectivity index (χ1) is 12.0. The SMILES string of the molecule is C=C1C(CC2CC2)C[C@@]2(O)[C@H]3Cc4ccc(O)c5c4[C@@]2(CCN3)[C@H]1O5.Cl. The fourth-order valence-electron chi connectivity index (χ4n) is 6.47. The van der Waals surface area contributed by atoms with E-state index in [1.807, 2.05) is 6.07 Å². The number of phenols is 1. The molecular weight excluding hydrogens is 350 g/mol. The highest BCUT2D eigenvalue weighted by Crippen LogP contribution is 2.66. The number of ether oxygens (including phenoxy) is 1. The summed E-state index contributed by atoms with van der Waals surface area (Å²) < 4.78 is 6.38. The van der Waals surface area contributed by atoms with Gasteiger partial charge in [0.1, 0.15) is 6.10 Å². The van der Waals surface area contributed by atoms with E-state index < -0.39 is 11.0 Å². The molecule has 6 rings (SSSR count). The van der Waals surface area contributed by atoms with E-state index in [1.54, 1.807) is 6.07 Å². The van der Waals surface area contributed by atoms with Crippen molar-refractivity contribution in [1.29, 1.82) is 0 Å². The molecule has 2 bridgehead atoms. The lowest BCUT2D eigenvalue weighted by atomic mass is 9.47. The van der Waals surface area contributed by atoms with Crippen LogP contribution in [-0.2, 0) is 11.8 Å². The van der Waals surface area contributed by atoms with Crippen molar-refractivity contribution in [3.8, 4) is 11.5 Å². The fourth-order valence-corrected chi connectivity index (χ4v) is 6.47. The number of hydrogen-bond donors (Lipinski definition) is 3. The minimum absolute atomic E-state index is 0. The highest BCUT2D eigenvalue weighted by atomic mass is 35.5. The van der Waals surface area contributed by atoms with Gasteiger partial charge in [-0.3, -0.25) is 0 Å². The van der Waals surface area contributed by atoms with Crippen molar-refractivity contribution in [2.75, 3.05) is 6.54 Å². The van der Waals surface area contributed by atoms with Gasteiger partial charge in [0.2, 0.25) is 0 Å². The number of rotatable bonds is 2. The molecule has 2 heterocycles. The Labute approximate surface area is 160 Å². The minimum atomic E-state index is -0.817. The van der Waals surface area contributed by atoms with Crippen LogP contribution in [0.15, 0.2) is 24.3 Å². The lowest BCUT2D eigenvalue weighted by Crippen LogP contribution is -2.75. The van der Waals surface area contributed by atoms with Gasteiger partial charge in [0, 0.05) is 11.6 Å². The number of halogens is 1. The molecular formula is C21H26ClNO3. The molecule has 1 aromatic carbocycles. The molecule has 0 radical (unpaired) electrons. The second-order valence-electron chi connectivity index (χ2n) is 8.96. The Bertz CT molecular complexity index is 807. The van der Waals surface area contributed by atoms with E-state index in [0.29, 0.717) is 11.7 Å². The molecule has 0 aromatic heterocycles. The third-order valence-electron chi connectivity index (χ3n) is 7.77. The monoisotopic (exact) mass is 375 g/mol. The summed E-state index contributed by atoms with van der Waals surface area (Å²) in [7, 11) is 0. The van der Waals surface area contributed by atoms with Crippen molar-refractivity contribution in [1.82, 2.24) is 5.32 Å².